The van der Waals surface area contributed by atoms with E-state index in [-0.39, 0.29) is 12.9 Å². The quantitative estimate of drug-likeness (QED) is 0.302. The van der Waals surface area contributed by atoms with Crippen LogP contribution in [-0.4, -0.2) is 14.9 Å². The van der Waals surface area contributed by atoms with Crippen molar-refractivity contribution in [2.45, 2.75) is 0 Å². The Bertz CT molecular complexity index is 1430. The maximum Gasteiger partial charge on any atom is 0.318 e. The first-order valence-corrected chi connectivity index (χ1v) is 9.75. The fourth-order valence-corrected chi connectivity index (χ4v) is 3.08. The maximum atomic E-state index is 11.0. The van der Waals surface area contributed by atoms with E-state index in [9.17, 15) is 10.1 Å². The zero-order valence-corrected chi connectivity index (χ0v) is 17.7. The van der Waals surface area contributed by atoms with Gasteiger partial charge >= 0.3 is 5.69 Å². The van der Waals surface area contributed by atoms with Crippen molar-refractivity contribution < 1.29 is 6.35 Å². The van der Waals surface area contributed by atoms with Gasteiger partial charge in [0.2, 0.25) is 5.82 Å². The van der Waals surface area contributed by atoms with E-state index in [0.717, 1.165) is 11.1 Å². The fourth-order valence-electron chi connectivity index (χ4n) is 3.08. The van der Waals surface area contributed by atoms with Crippen molar-refractivity contribution in [1.29, 1.82) is 10.5 Å². The Hall–Kier alpha value is -5.48. The number of nitrogens with zero attached hydrogens (tertiary/aromatic N) is 5. The molecule has 168 valence electrons. The molecule has 2 aromatic heterocycles. The minimum Gasteiger partial charge on any atom is -0.395 e. The van der Waals surface area contributed by atoms with E-state index < -0.39 is 4.92 Å². The molecule has 0 spiro atoms. The smallest absolute Gasteiger partial charge is 0.318 e. The maximum absolute atomic E-state index is 11.0. The van der Waals surface area contributed by atoms with Crippen molar-refractivity contribution in [2.75, 3.05) is 17.2 Å². The second-order valence-electron chi connectivity index (χ2n) is 6.89. The summed E-state index contributed by atoms with van der Waals surface area (Å²) in [6, 6.07) is 21.0. The van der Waals surface area contributed by atoms with Gasteiger partial charge in [0.1, 0.15) is 5.82 Å². The lowest BCUT2D eigenvalue weighted by molar-refractivity contribution is -0.383. The number of aromatic nitrogens is 2. The van der Waals surface area contributed by atoms with Crippen LogP contribution in [0.5, 0.6) is 0 Å². The molecular weight excluding hydrogens is 432 g/mol. The molecule has 34 heavy (non-hydrogen) atoms. The summed E-state index contributed by atoms with van der Waals surface area (Å²) in [5, 5.41) is 28.4. The number of nitriles is 2. The lowest BCUT2D eigenvalue weighted by atomic mass is 10.0. The number of rotatable bonds is 3. The zero-order chi connectivity index (χ0) is 24.7. The molecule has 4 aromatic rings. The number of benzene rings is 2. The highest BCUT2D eigenvalue weighted by atomic mass is 16.6. The van der Waals surface area contributed by atoms with Crippen molar-refractivity contribution in [3.63, 3.8) is 0 Å². The molecule has 6 N–H and O–H groups in total. The highest BCUT2D eigenvalue weighted by Gasteiger charge is 2.20. The van der Waals surface area contributed by atoms with E-state index in [0.29, 0.717) is 33.8 Å². The largest absolute Gasteiger partial charge is 0.395 e. The number of hydrogen-bond donors (Lipinski definition) is 3. The topological polar surface area (TPSA) is 195 Å². The summed E-state index contributed by atoms with van der Waals surface area (Å²) >= 11 is 0. The summed E-state index contributed by atoms with van der Waals surface area (Å²) < 4.78 is 0. The van der Waals surface area contributed by atoms with E-state index in [1.165, 1.54) is 12.3 Å². The highest BCUT2D eigenvalue weighted by molar-refractivity contribution is 5.82. The average molecular weight is 452 g/mol. The zero-order valence-electron chi connectivity index (χ0n) is 17.7. The summed E-state index contributed by atoms with van der Waals surface area (Å²) in [6.45, 7) is 0. The molecule has 2 aromatic carbocycles. The van der Waals surface area contributed by atoms with Crippen LogP contribution in [0.2, 0.25) is 0 Å². The molecule has 0 radical (unpaired) electrons. The van der Waals surface area contributed by atoms with Gasteiger partial charge in [-0.05, 0) is 47.5 Å². The molecule has 10 nitrogen and oxygen atoms in total. The monoisotopic (exact) mass is 452 g/mol. The van der Waals surface area contributed by atoms with Gasteiger partial charge in [0, 0.05) is 19.4 Å². The molecule has 0 saturated heterocycles. The Morgan fingerprint density at radius 2 is 1.18 bits per heavy atom. The molecular formula is C24H20N8O2. The molecule has 0 atom stereocenters. The van der Waals surface area contributed by atoms with Crippen LogP contribution >= 0.6 is 0 Å². The van der Waals surface area contributed by atoms with Gasteiger partial charge in [-0.15, -0.1) is 0 Å². The molecule has 0 aliphatic heterocycles. The van der Waals surface area contributed by atoms with Crippen molar-refractivity contribution in [3.05, 3.63) is 94.3 Å². The van der Waals surface area contributed by atoms with Crippen molar-refractivity contribution >= 4 is 23.0 Å². The summed E-state index contributed by atoms with van der Waals surface area (Å²) in [6.07, 6.45) is 3.02. The molecule has 0 amide bonds. The third-order valence-corrected chi connectivity index (χ3v) is 4.81. The van der Waals surface area contributed by atoms with Crippen LogP contribution in [0.1, 0.15) is 12.6 Å². The fraction of sp³-hybridized carbons (Fsp3) is 0. The van der Waals surface area contributed by atoms with E-state index in [4.69, 9.17) is 27.7 Å². The number of anilines is 3. The first-order valence-electron chi connectivity index (χ1n) is 9.75. The molecule has 0 aliphatic carbocycles. The van der Waals surface area contributed by atoms with Crippen LogP contribution in [0.4, 0.5) is 23.0 Å². The van der Waals surface area contributed by atoms with Gasteiger partial charge in [-0.1, -0.05) is 24.3 Å². The minimum absolute atomic E-state index is 0. The first-order chi connectivity index (χ1) is 16.3. The van der Waals surface area contributed by atoms with Gasteiger partial charge in [0.15, 0.2) is 0 Å². The van der Waals surface area contributed by atoms with E-state index >= 15 is 0 Å². The van der Waals surface area contributed by atoms with E-state index in [1.54, 1.807) is 48.7 Å². The van der Waals surface area contributed by atoms with Gasteiger partial charge in [0.25, 0.3) is 0 Å². The second kappa shape index (κ2) is 10.2. The Morgan fingerprint density at radius 3 is 1.65 bits per heavy atom. The highest BCUT2D eigenvalue weighted by Crippen LogP contribution is 2.33. The third-order valence-electron chi connectivity index (χ3n) is 4.81. The Kier molecular flexibility index (Phi) is 6.97. The summed E-state index contributed by atoms with van der Waals surface area (Å²) in [4.78, 5) is 18.0. The number of nitro groups is 1. The second-order valence-corrected chi connectivity index (χ2v) is 6.89. The van der Waals surface area contributed by atoms with Crippen LogP contribution in [0.25, 0.3) is 22.3 Å². The van der Waals surface area contributed by atoms with Gasteiger partial charge in [-0.2, -0.15) is 10.5 Å². The standard InChI is InChI=1S/C12H8N4O2.C12H10N4.H2/c13-7-8-1-3-9(4-2-8)10-5-6-15-12(14)11(10)16(17)18;13-7-8-1-3-9(4-2-8)10-5-6-16-12(15)11(10)14;/h1-6H,(H2,14,15);1-6H,14H2,(H2,15,16);1H. The minimum atomic E-state index is -0.560. The van der Waals surface area contributed by atoms with Crippen molar-refractivity contribution in [1.82, 2.24) is 9.97 Å². The number of hydrogen-bond acceptors (Lipinski definition) is 9. The molecule has 0 bridgehead atoms. The Morgan fingerprint density at radius 1 is 0.735 bits per heavy atom. The molecule has 4 rings (SSSR count). The number of pyridine rings is 2. The Balaban J connectivity index is 0.000000241. The normalized spacial score (nSPS) is 9.71. The van der Waals surface area contributed by atoms with E-state index in [1.807, 2.05) is 18.2 Å². The van der Waals surface area contributed by atoms with Crippen LogP contribution in [0.15, 0.2) is 73.1 Å². The lowest BCUT2D eigenvalue weighted by Gasteiger charge is -2.07. The van der Waals surface area contributed by atoms with Crippen LogP contribution < -0.4 is 17.2 Å². The van der Waals surface area contributed by atoms with Gasteiger partial charge in [-0.25, -0.2) is 9.97 Å². The molecule has 0 unspecified atom stereocenters. The molecule has 10 heteroatoms. The molecule has 0 saturated carbocycles. The van der Waals surface area contributed by atoms with Gasteiger partial charge in [0.05, 0.1) is 39.4 Å². The van der Waals surface area contributed by atoms with Gasteiger partial charge in [-0.3, -0.25) is 10.1 Å². The van der Waals surface area contributed by atoms with Gasteiger partial charge < -0.3 is 17.2 Å². The predicted molar refractivity (Wildman–Crippen MR) is 131 cm³/mol. The van der Waals surface area contributed by atoms with Crippen molar-refractivity contribution in [3.8, 4) is 34.4 Å². The summed E-state index contributed by atoms with van der Waals surface area (Å²) in [5.74, 6) is 0.198. The predicted octanol–water partition coefficient (Wildman–Crippen LogP) is 4.14. The molecule has 0 aliphatic rings. The average Bonchev–Trinajstić information content (AvgIpc) is 2.86. The SMILES string of the molecule is N#Cc1ccc(-c2ccnc(N)c2N)cc1.N#Cc1ccc(-c2ccnc(N)c2[N+](=O)[O-])cc1.[HH]. The van der Waals surface area contributed by atoms with Crippen LogP contribution in [0, 0.1) is 32.8 Å². The molecule has 0 fully saturated rings. The van der Waals surface area contributed by atoms with Crippen LogP contribution in [0.3, 0.4) is 0 Å². The molecule has 2 heterocycles. The summed E-state index contributed by atoms with van der Waals surface area (Å²) in [5.41, 5.74) is 21.1. The first kappa shape index (κ1) is 23.2. The Labute approximate surface area is 196 Å². The van der Waals surface area contributed by atoms with Crippen LogP contribution in [-0.2, 0) is 0 Å². The lowest BCUT2D eigenvalue weighted by Crippen LogP contribution is -2.00. The third kappa shape index (κ3) is 5.04. The number of nitrogens with two attached hydrogens (primary N) is 3. The number of nitrogen functional groups attached to an aromatic ring is 3. The van der Waals surface area contributed by atoms with Crippen molar-refractivity contribution in [2.24, 2.45) is 0 Å². The summed E-state index contributed by atoms with van der Waals surface area (Å²) in [7, 11) is 0. The van der Waals surface area contributed by atoms with E-state index in [2.05, 4.69) is 16.0 Å².